The van der Waals surface area contributed by atoms with Gasteiger partial charge in [-0.3, -0.25) is 6.08 Å². The maximum absolute atomic E-state index is 3.85. The molecule has 0 amide bonds. The Bertz CT molecular complexity index is 722. The van der Waals surface area contributed by atoms with Crippen LogP contribution in [0.1, 0.15) is 142 Å². The summed E-state index contributed by atoms with van der Waals surface area (Å²) in [6, 6.07) is 12.9. The Kier molecular flexibility index (Phi) is 32.2. The first kappa shape index (κ1) is 43.9. The molecule has 1 aromatic carbocycles. The molecule has 5 heteroatoms. The van der Waals surface area contributed by atoms with Crippen molar-refractivity contribution in [3.8, 4) is 0 Å². The average Bonchev–Trinajstić information content (AvgIpc) is 3.37. The van der Waals surface area contributed by atoms with E-state index in [2.05, 4.69) is 62.9 Å². The van der Waals surface area contributed by atoms with Crippen LogP contribution in [0.15, 0.2) is 47.2 Å². The summed E-state index contributed by atoms with van der Waals surface area (Å²) in [5.74, 6) is 0. The summed E-state index contributed by atoms with van der Waals surface area (Å²) >= 11 is 0. The van der Waals surface area contributed by atoms with Crippen LogP contribution in [0.3, 0.4) is 0 Å². The van der Waals surface area contributed by atoms with Gasteiger partial charge >= 0.3 is 21.7 Å². The molecule has 222 valence electrons. The second-order valence-corrected chi connectivity index (χ2v) is 15.6. The summed E-state index contributed by atoms with van der Waals surface area (Å²) in [5.41, 5.74) is 1.64. The van der Waals surface area contributed by atoms with Gasteiger partial charge in [-0.1, -0.05) is 184 Å². The monoisotopic (exact) mass is 646 g/mol. The second-order valence-electron chi connectivity index (χ2n) is 11.3. The zero-order valence-corrected chi connectivity index (χ0v) is 30.3. The van der Waals surface area contributed by atoms with Gasteiger partial charge in [-0.05, 0) is 0 Å². The number of hydrogen-bond donors (Lipinski definition) is 0. The molecular formula is C34H57Cl3SiTi. The summed E-state index contributed by atoms with van der Waals surface area (Å²) in [4.78, 5) is 0. The van der Waals surface area contributed by atoms with Crippen molar-refractivity contribution in [2.24, 2.45) is 0 Å². The van der Waals surface area contributed by atoms with Crippen LogP contribution in [0.2, 0.25) is 12.6 Å². The van der Waals surface area contributed by atoms with Gasteiger partial charge in [0.2, 0.25) is 0 Å². The molecule has 0 spiro atoms. The third-order valence-corrected chi connectivity index (χ3v) is 12.8. The molecule has 0 bridgehead atoms. The molecule has 1 aromatic rings. The van der Waals surface area contributed by atoms with Crippen LogP contribution in [0.4, 0.5) is 0 Å². The van der Waals surface area contributed by atoms with E-state index in [1.807, 2.05) is 0 Å². The predicted octanol–water partition coefficient (Wildman–Crippen LogP) is 2.03. The van der Waals surface area contributed by atoms with Crippen molar-refractivity contribution in [3.05, 3.63) is 53.3 Å². The van der Waals surface area contributed by atoms with E-state index in [9.17, 15) is 0 Å². The van der Waals surface area contributed by atoms with Crippen LogP contribution < -0.4 is 42.4 Å². The normalized spacial score (nSPS) is 13.6. The van der Waals surface area contributed by atoms with Crippen molar-refractivity contribution >= 4 is 13.3 Å². The number of halogens is 3. The molecule has 1 atom stereocenters. The molecule has 1 aliphatic rings. The third kappa shape index (κ3) is 17.9. The van der Waals surface area contributed by atoms with E-state index >= 15 is 0 Å². The van der Waals surface area contributed by atoms with Gasteiger partial charge in [-0.25, -0.2) is 10.8 Å². The van der Waals surface area contributed by atoms with Crippen LogP contribution in [-0.4, -0.2) is 8.07 Å². The van der Waals surface area contributed by atoms with E-state index in [0.29, 0.717) is 0 Å². The minimum atomic E-state index is -1.68. The molecule has 0 N–H and O–H groups in total. The Morgan fingerprint density at radius 3 is 1.51 bits per heavy atom. The second kappa shape index (κ2) is 28.6. The molecule has 0 aromatic heterocycles. The zero-order chi connectivity index (χ0) is 25.0. The maximum Gasteiger partial charge on any atom is 4.00 e. The van der Waals surface area contributed by atoms with Crippen molar-refractivity contribution in [3.63, 3.8) is 0 Å². The zero-order valence-electron chi connectivity index (χ0n) is 25.4. The number of benzene rings is 1. The van der Waals surface area contributed by atoms with Gasteiger partial charge in [0.25, 0.3) is 0 Å². The largest absolute Gasteiger partial charge is 4.00 e. The summed E-state index contributed by atoms with van der Waals surface area (Å²) in [6.45, 7) is 7.24. The first-order chi connectivity index (χ1) is 17.2. The molecule has 0 nitrogen and oxygen atoms in total. The Morgan fingerprint density at radius 1 is 0.615 bits per heavy atom. The van der Waals surface area contributed by atoms with E-state index in [4.69, 9.17) is 0 Å². The fourth-order valence-electron chi connectivity index (χ4n) is 5.88. The van der Waals surface area contributed by atoms with Gasteiger partial charge in [0, 0.05) is 0 Å². The van der Waals surface area contributed by atoms with Gasteiger partial charge < -0.3 is 37.2 Å². The fraction of sp³-hybridized carbons (Fsp3) is 0.706. The Balaban J connectivity index is -0.00000324. The Hall–Kier alpha value is 0.501. The van der Waals surface area contributed by atoms with Gasteiger partial charge in [-0.2, -0.15) is 6.08 Å². The van der Waals surface area contributed by atoms with E-state index in [-0.39, 0.29) is 58.9 Å². The number of unbranched alkanes of at least 4 members (excludes halogenated alkanes) is 16. The molecule has 0 fully saturated rings. The molecule has 0 radical (unpaired) electrons. The van der Waals surface area contributed by atoms with Crippen LogP contribution >= 0.6 is 0 Å². The van der Waals surface area contributed by atoms with Crippen LogP contribution in [0, 0.1) is 6.08 Å². The van der Waals surface area contributed by atoms with Crippen LogP contribution in [-0.2, 0) is 21.7 Å². The molecule has 39 heavy (non-hydrogen) atoms. The molecule has 0 aliphatic heterocycles. The molecule has 2 rings (SSSR count). The summed E-state index contributed by atoms with van der Waals surface area (Å²) in [5, 5.41) is 3.27. The van der Waals surface area contributed by atoms with E-state index in [1.165, 1.54) is 128 Å². The van der Waals surface area contributed by atoms with Crippen LogP contribution in [0.25, 0.3) is 0 Å². The predicted molar refractivity (Wildman–Crippen MR) is 161 cm³/mol. The first-order valence-electron chi connectivity index (χ1n) is 15.6. The minimum absolute atomic E-state index is 0. The van der Waals surface area contributed by atoms with E-state index in [0.717, 1.165) is 6.42 Å². The molecular weight excluding hydrogens is 591 g/mol. The van der Waals surface area contributed by atoms with Crippen molar-refractivity contribution in [2.45, 2.75) is 155 Å². The standard InChI is InChI=1S/C34H57Si.3ClH.Ti/c1-4-6-8-9-10-11-12-13-14-15-16-17-18-19-20-24-31-35(3,33-28-22-21-23-29-33)34-30-25-27-32(34)26-7-5-2;;;;/h21-23,27-29H,4-20,24-26,31H2,1-3H3;3*1H;/q-1;;;;+4/p-3. The Labute approximate surface area is 278 Å². The molecule has 0 heterocycles. The third-order valence-electron chi connectivity index (χ3n) is 8.24. The fourth-order valence-corrected chi connectivity index (χ4v) is 10.0. The van der Waals surface area contributed by atoms with Gasteiger partial charge in [0.15, 0.2) is 0 Å². The van der Waals surface area contributed by atoms with Gasteiger partial charge in [-0.15, -0.1) is 6.42 Å². The summed E-state index contributed by atoms with van der Waals surface area (Å²) in [6.07, 6.45) is 34.3. The van der Waals surface area contributed by atoms with Gasteiger partial charge in [0.05, 0.1) is 8.07 Å². The van der Waals surface area contributed by atoms with Crippen molar-refractivity contribution in [1.29, 1.82) is 0 Å². The van der Waals surface area contributed by atoms with Gasteiger partial charge in [0.1, 0.15) is 0 Å². The molecule has 1 unspecified atom stereocenters. The smallest absolute Gasteiger partial charge is 1.00 e. The summed E-state index contributed by atoms with van der Waals surface area (Å²) in [7, 11) is -1.68. The minimum Gasteiger partial charge on any atom is -1.00 e. The maximum atomic E-state index is 3.85. The number of hydrogen-bond acceptors (Lipinski definition) is 0. The quantitative estimate of drug-likeness (QED) is 0.103. The number of rotatable bonds is 22. The van der Waals surface area contributed by atoms with Crippen molar-refractivity contribution < 1.29 is 58.9 Å². The topological polar surface area (TPSA) is 0 Å². The Morgan fingerprint density at radius 2 is 1.05 bits per heavy atom. The average molecular weight is 648 g/mol. The van der Waals surface area contributed by atoms with Crippen molar-refractivity contribution in [2.75, 3.05) is 0 Å². The van der Waals surface area contributed by atoms with E-state index < -0.39 is 8.07 Å². The van der Waals surface area contributed by atoms with E-state index in [1.54, 1.807) is 16.0 Å². The number of allylic oxidation sites excluding steroid dienone is 4. The molecule has 0 saturated heterocycles. The molecule has 0 saturated carbocycles. The van der Waals surface area contributed by atoms with Crippen molar-refractivity contribution in [1.82, 2.24) is 0 Å². The molecule has 1 aliphatic carbocycles. The SMILES string of the molecule is CCCCCCCCCCCCCCCCCC[Si](C)(C1=[C-]CC=C1CCCC)c1ccccc1.[Cl-].[Cl-].[Cl-].[Ti+4]. The summed E-state index contributed by atoms with van der Waals surface area (Å²) < 4.78 is 0. The van der Waals surface area contributed by atoms with Crippen LogP contribution in [0.5, 0.6) is 0 Å². The first-order valence-corrected chi connectivity index (χ1v) is 18.3.